The van der Waals surface area contributed by atoms with E-state index in [0.717, 1.165) is 0 Å². The first-order chi connectivity index (χ1) is 9.88. The van der Waals surface area contributed by atoms with Crippen LogP contribution in [0.2, 0.25) is 0 Å². The Balaban J connectivity index is 3.07. The number of anilines is 2. The van der Waals surface area contributed by atoms with Gasteiger partial charge in [-0.05, 0) is 12.1 Å². The van der Waals surface area contributed by atoms with Crippen LogP contribution in [0.15, 0.2) is 18.2 Å². The highest BCUT2D eigenvalue weighted by Crippen LogP contribution is 2.26. The van der Waals surface area contributed by atoms with Crippen molar-refractivity contribution < 1.29 is 24.0 Å². The van der Waals surface area contributed by atoms with Crippen molar-refractivity contribution in [3.05, 3.63) is 28.3 Å². The Morgan fingerprint density at radius 1 is 1.24 bits per heavy atom. The Labute approximate surface area is 120 Å². The number of rotatable bonds is 6. The van der Waals surface area contributed by atoms with E-state index in [-0.39, 0.29) is 24.5 Å². The zero-order chi connectivity index (χ0) is 16.0. The molecule has 0 aliphatic carbocycles. The van der Waals surface area contributed by atoms with E-state index in [0.29, 0.717) is 5.69 Å². The van der Waals surface area contributed by atoms with E-state index in [2.05, 4.69) is 9.47 Å². The molecule has 1 rings (SSSR count). The van der Waals surface area contributed by atoms with Gasteiger partial charge in [-0.1, -0.05) is 0 Å². The number of carbonyl (C=O) groups is 2. The minimum atomic E-state index is -0.621. The molecule has 0 heterocycles. The van der Waals surface area contributed by atoms with Gasteiger partial charge in [0, 0.05) is 11.8 Å². The molecule has 1 aromatic carbocycles. The van der Waals surface area contributed by atoms with Crippen LogP contribution in [-0.4, -0.2) is 44.2 Å². The number of nitrogen functional groups attached to an aromatic ring is 1. The van der Waals surface area contributed by atoms with E-state index in [4.69, 9.17) is 5.73 Å². The van der Waals surface area contributed by atoms with Crippen molar-refractivity contribution in [2.75, 3.05) is 37.9 Å². The number of carbonyl (C=O) groups excluding carboxylic acids is 2. The SMILES string of the molecule is COC(=O)CN(CC(=O)OC)c1ccc([N+](=O)[O-])c(N)c1. The first-order valence-electron chi connectivity index (χ1n) is 5.81. The summed E-state index contributed by atoms with van der Waals surface area (Å²) in [4.78, 5) is 34.2. The van der Waals surface area contributed by atoms with Gasteiger partial charge in [-0.2, -0.15) is 0 Å². The number of nitrogens with two attached hydrogens (primary N) is 1. The predicted molar refractivity (Wildman–Crippen MR) is 73.8 cm³/mol. The van der Waals surface area contributed by atoms with Gasteiger partial charge in [-0.15, -0.1) is 0 Å². The summed E-state index contributed by atoms with van der Waals surface area (Å²) in [6.45, 7) is -0.439. The standard InChI is InChI=1S/C12H15N3O6/c1-20-11(16)6-14(7-12(17)21-2)8-3-4-10(15(18)19)9(13)5-8/h3-5H,6-7,13H2,1-2H3. The van der Waals surface area contributed by atoms with Crippen LogP contribution in [0.5, 0.6) is 0 Å². The summed E-state index contributed by atoms with van der Waals surface area (Å²) in [7, 11) is 2.42. The number of nitro groups is 1. The minimum Gasteiger partial charge on any atom is -0.468 e. The van der Waals surface area contributed by atoms with E-state index in [1.807, 2.05) is 0 Å². The van der Waals surface area contributed by atoms with Crippen molar-refractivity contribution in [2.24, 2.45) is 0 Å². The van der Waals surface area contributed by atoms with E-state index in [1.165, 1.54) is 37.3 Å². The van der Waals surface area contributed by atoms with Crippen molar-refractivity contribution >= 4 is 29.0 Å². The van der Waals surface area contributed by atoms with Crippen molar-refractivity contribution in [1.82, 2.24) is 0 Å². The van der Waals surface area contributed by atoms with Gasteiger partial charge in [-0.25, -0.2) is 0 Å². The molecular formula is C12H15N3O6. The third-order valence-electron chi connectivity index (χ3n) is 2.67. The Hall–Kier alpha value is -2.84. The van der Waals surface area contributed by atoms with Crippen LogP contribution >= 0.6 is 0 Å². The fourth-order valence-electron chi connectivity index (χ4n) is 1.58. The monoisotopic (exact) mass is 297 g/mol. The fraction of sp³-hybridized carbons (Fsp3) is 0.333. The number of methoxy groups -OCH3 is 2. The van der Waals surface area contributed by atoms with E-state index >= 15 is 0 Å². The largest absolute Gasteiger partial charge is 0.468 e. The molecule has 0 amide bonds. The number of nitrogens with zero attached hydrogens (tertiary/aromatic N) is 2. The molecule has 9 heteroatoms. The second-order valence-corrected chi connectivity index (χ2v) is 4.01. The van der Waals surface area contributed by atoms with Crippen molar-refractivity contribution in [3.63, 3.8) is 0 Å². The minimum absolute atomic E-state index is 0.0720. The summed E-state index contributed by atoms with van der Waals surface area (Å²) in [5.74, 6) is -1.15. The Kier molecular flexibility index (Phi) is 5.47. The predicted octanol–water partition coefficient (Wildman–Crippen LogP) is 0.329. The molecule has 0 bridgehead atoms. The molecule has 0 aliphatic rings. The summed E-state index contributed by atoms with van der Waals surface area (Å²) >= 11 is 0. The normalized spacial score (nSPS) is 9.81. The Bertz CT molecular complexity index is 542. The van der Waals surface area contributed by atoms with Gasteiger partial charge in [0.1, 0.15) is 18.8 Å². The maximum Gasteiger partial charge on any atom is 0.325 e. The molecule has 0 spiro atoms. The van der Waals surface area contributed by atoms with Crippen molar-refractivity contribution in [1.29, 1.82) is 0 Å². The number of hydrogen-bond donors (Lipinski definition) is 1. The zero-order valence-corrected chi connectivity index (χ0v) is 11.6. The topological polar surface area (TPSA) is 125 Å². The fourth-order valence-corrected chi connectivity index (χ4v) is 1.58. The van der Waals surface area contributed by atoms with Gasteiger partial charge in [0.15, 0.2) is 0 Å². The highest BCUT2D eigenvalue weighted by Gasteiger charge is 2.19. The van der Waals surface area contributed by atoms with E-state index in [1.54, 1.807) is 0 Å². The number of benzene rings is 1. The van der Waals surface area contributed by atoms with Crippen LogP contribution in [0.25, 0.3) is 0 Å². The van der Waals surface area contributed by atoms with Gasteiger partial charge in [0.2, 0.25) is 0 Å². The lowest BCUT2D eigenvalue weighted by atomic mass is 10.2. The first-order valence-corrected chi connectivity index (χ1v) is 5.81. The molecule has 114 valence electrons. The number of ether oxygens (including phenoxy) is 2. The second-order valence-electron chi connectivity index (χ2n) is 4.01. The summed E-state index contributed by atoms with van der Waals surface area (Å²) in [6.07, 6.45) is 0. The molecule has 21 heavy (non-hydrogen) atoms. The Morgan fingerprint density at radius 2 is 1.76 bits per heavy atom. The maximum atomic E-state index is 11.4. The molecular weight excluding hydrogens is 282 g/mol. The summed E-state index contributed by atoms with van der Waals surface area (Å²) in [6, 6.07) is 3.90. The second kappa shape index (κ2) is 7.08. The molecule has 0 aromatic heterocycles. The molecule has 0 atom stereocenters. The van der Waals surface area contributed by atoms with Crippen LogP contribution in [0.4, 0.5) is 17.1 Å². The average Bonchev–Trinajstić information content (AvgIpc) is 2.45. The lowest BCUT2D eigenvalue weighted by Gasteiger charge is -2.22. The van der Waals surface area contributed by atoms with Crippen LogP contribution < -0.4 is 10.6 Å². The summed E-state index contributed by atoms with van der Waals surface area (Å²) in [5, 5.41) is 10.7. The van der Waals surface area contributed by atoms with Gasteiger partial charge in [-0.3, -0.25) is 19.7 Å². The molecule has 0 unspecified atom stereocenters. The summed E-state index contributed by atoms with van der Waals surface area (Å²) < 4.78 is 9.07. The quantitative estimate of drug-likeness (QED) is 0.344. The lowest BCUT2D eigenvalue weighted by Crippen LogP contribution is -2.35. The third-order valence-corrected chi connectivity index (χ3v) is 2.67. The molecule has 0 radical (unpaired) electrons. The summed E-state index contributed by atoms with van der Waals surface area (Å²) in [5.41, 5.74) is 5.63. The average molecular weight is 297 g/mol. The smallest absolute Gasteiger partial charge is 0.325 e. The third kappa shape index (κ3) is 4.34. The van der Waals surface area contributed by atoms with Crippen LogP contribution in [0, 0.1) is 10.1 Å². The van der Waals surface area contributed by atoms with Crippen LogP contribution in [-0.2, 0) is 19.1 Å². The van der Waals surface area contributed by atoms with Crippen LogP contribution in [0.3, 0.4) is 0 Å². The molecule has 0 aliphatic heterocycles. The molecule has 1 aromatic rings. The maximum absolute atomic E-state index is 11.4. The van der Waals surface area contributed by atoms with Gasteiger partial charge in [0.25, 0.3) is 5.69 Å². The molecule has 2 N–H and O–H groups in total. The lowest BCUT2D eigenvalue weighted by molar-refractivity contribution is -0.383. The van der Waals surface area contributed by atoms with Gasteiger partial charge < -0.3 is 20.1 Å². The van der Waals surface area contributed by atoms with E-state index < -0.39 is 16.9 Å². The van der Waals surface area contributed by atoms with Gasteiger partial charge >= 0.3 is 11.9 Å². The molecule has 9 nitrogen and oxygen atoms in total. The number of hydrogen-bond acceptors (Lipinski definition) is 8. The molecule has 0 fully saturated rings. The highest BCUT2D eigenvalue weighted by atomic mass is 16.6. The first kappa shape index (κ1) is 16.2. The zero-order valence-electron chi connectivity index (χ0n) is 11.6. The molecule has 0 saturated heterocycles. The van der Waals surface area contributed by atoms with Crippen molar-refractivity contribution in [3.8, 4) is 0 Å². The molecule has 0 saturated carbocycles. The number of nitro benzene ring substituents is 1. The highest BCUT2D eigenvalue weighted by molar-refractivity contribution is 5.82. The Morgan fingerprint density at radius 3 is 2.14 bits per heavy atom. The number of esters is 2. The van der Waals surface area contributed by atoms with Gasteiger partial charge in [0.05, 0.1) is 19.1 Å². The van der Waals surface area contributed by atoms with Crippen LogP contribution in [0.1, 0.15) is 0 Å². The van der Waals surface area contributed by atoms with Crippen molar-refractivity contribution in [2.45, 2.75) is 0 Å². The van der Waals surface area contributed by atoms with E-state index in [9.17, 15) is 19.7 Å².